The molecule has 25 heavy (non-hydrogen) atoms. The second kappa shape index (κ2) is 5.63. The molecule has 2 aliphatic heterocycles. The molecule has 1 N–H and O–H groups in total. The molecule has 1 saturated heterocycles. The number of amides is 1. The minimum atomic E-state index is -0.575. The van der Waals surface area contributed by atoms with Gasteiger partial charge in [0.15, 0.2) is 0 Å². The first-order valence-corrected chi connectivity index (χ1v) is 8.95. The second-order valence-corrected chi connectivity index (χ2v) is 7.68. The van der Waals surface area contributed by atoms with Crippen molar-refractivity contribution in [1.29, 1.82) is 0 Å². The van der Waals surface area contributed by atoms with Crippen LogP contribution in [0.15, 0.2) is 54.6 Å². The summed E-state index contributed by atoms with van der Waals surface area (Å²) in [6.45, 7) is 5.10. The summed E-state index contributed by atoms with van der Waals surface area (Å²) in [6.07, 6.45) is 4.69. The van der Waals surface area contributed by atoms with Gasteiger partial charge in [0, 0.05) is 29.1 Å². The molecule has 1 amide bonds. The molecule has 0 radical (unpaired) electrons. The van der Waals surface area contributed by atoms with Crippen molar-refractivity contribution in [2.24, 2.45) is 0 Å². The lowest BCUT2D eigenvalue weighted by atomic mass is 9.74. The number of fused-ring (bicyclic) bond motifs is 3. The van der Waals surface area contributed by atoms with Gasteiger partial charge < -0.3 is 10.2 Å². The summed E-state index contributed by atoms with van der Waals surface area (Å²) in [5.74, 6) is 0.0906. The molecule has 0 bridgehead atoms. The van der Waals surface area contributed by atoms with Gasteiger partial charge in [0.1, 0.15) is 5.66 Å². The van der Waals surface area contributed by atoms with E-state index in [9.17, 15) is 4.79 Å². The van der Waals surface area contributed by atoms with E-state index in [0.29, 0.717) is 18.0 Å². The van der Waals surface area contributed by atoms with Gasteiger partial charge in [-0.05, 0) is 35.4 Å². The summed E-state index contributed by atoms with van der Waals surface area (Å²) in [7, 11) is 0. The number of hydrogen-bond acceptors (Lipinski definition) is 2. The van der Waals surface area contributed by atoms with Crippen LogP contribution in [0.25, 0.3) is 6.08 Å². The predicted molar refractivity (Wildman–Crippen MR) is 103 cm³/mol. The number of hydrogen-bond donors (Lipinski definition) is 1. The van der Waals surface area contributed by atoms with Crippen LogP contribution >= 0.6 is 11.6 Å². The summed E-state index contributed by atoms with van der Waals surface area (Å²) < 4.78 is 0. The molecule has 1 atom stereocenters. The normalized spacial score (nSPS) is 24.1. The van der Waals surface area contributed by atoms with Crippen molar-refractivity contribution in [3.8, 4) is 0 Å². The van der Waals surface area contributed by atoms with Crippen LogP contribution in [0.4, 0.5) is 5.69 Å². The van der Waals surface area contributed by atoms with Crippen molar-refractivity contribution in [2.45, 2.75) is 31.3 Å². The molecule has 2 aromatic rings. The average molecular weight is 353 g/mol. The van der Waals surface area contributed by atoms with Gasteiger partial charge >= 0.3 is 0 Å². The fourth-order valence-corrected chi connectivity index (χ4v) is 4.34. The summed E-state index contributed by atoms with van der Waals surface area (Å²) in [5, 5.41) is 3.99. The molecule has 0 aromatic heterocycles. The van der Waals surface area contributed by atoms with E-state index in [1.165, 1.54) is 11.3 Å². The van der Waals surface area contributed by atoms with E-state index in [0.717, 1.165) is 5.56 Å². The van der Waals surface area contributed by atoms with Crippen LogP contribution in [0.1, 0.15) is 31.4 Å². The monoisotopic (exact) mass is 352 g/mol. The molecule has 1 unspecified atom stereocenters. The van der Waals surface area contributed by atoms with E-state index in [4.69, 9.17) is 11.6 Å². The minimum Gasteiger partial charge on any atom is -0.344 e. The van der Waals surface area contributed by atoms with Crippen molar-refractivity contribution in [1.82, 2.24) is 5.32 Å². The Morgan fingerprint density at radius 2 is 1.96 bits per heavy atom. The lowest BCUT2D eigenvalue weighted by Gasteiger charge is -2.49. The Kier molecular flexibility index (Phi) is 3.66. The average Bonchev–Trinajstić information content (AvgIpc) is 2.78. The van der Waals surface area contributed by atoms with Crippen molar-refractivity contribution >= 4 is 29.3 Å². The Hall–Kier alpha value is -2.26. The maximum absolute atomic E-state index is 12.3. The van der Waals surface area contributed by atoms with E-state index in [-0.39, 0.29) is 11.3 Å². The Labute approximate surface area is 153 Å². The fourth-order valence-electron chi connectivity index (χ4n) is 4.15. The van der Waals surface area contributed by atoms with Crippen LogP contribution in [0, 0.1) is 0 Å². The summed E-state index contributed by atoms with van der Waals surface area (Å²) in [5.41, 5.74) is 2.65. The topological polar surface area (TPSA) is 32.3 Å². The highest BCUT2D eigenvalue weighted by atomic mass is 35.5. The molecule has 4 heteroatoms. The van der Waals surface area contributed by atoms with E-state index < -0.39 is 5.66 Å². The summed E-state index contributed by atoms with van der Waals surface area (Å²) in [4.78, 5) is 14.6. The molecule has 1 fully saturated rings. The number of carbonyl (C=O) groups is 1. The second-order valence-electron chi connectivity index (χ2n) is 7.25. The van der Waals surface area contributed by atoms with Crippen molar-refractivity contribution in [3.63, 3.8) is 0 Å². The first-order chi connectivity index (χ1) is 11.9. The third kappa shape index (κ3) is 2.37. The number of halogens is 1. The van der Waals surface area contributed by atoms with Crippen molar-refractivity contribution in [2.75, 3.05) is 11.4 Å². The highest BCUT2D eigenvalue weighted by molar-refractivity contribution is 6.30. The Morgan fingerprint density at radius 3 is 2.76 bits per heavy atom. The lowest BCUT2D eigenvalue weighted by molar-refractivity contribution is -0.124. The molecule has 0 saturated carbocycles. The number of nitrogens with zero attached hydrogens (tertiary/aromatic N) is 1. The maximum Gasteiger partial charge on any atom is 0.223 e. The number of para-hydroxylation sites is 1. The summed E-state index contributed by atoms with van der Waals surface area (Å²) in [6, 6.07) is 16.2. The smallest absolute Gasteiger partial charge is 0.223 e. The van der Waals surface area contributed by atoms with Gasteiger partial charge in [0.25, 0.3) is 0 Å². The van der Waals surface area contributed by atoms with Gasteiger partial charge in [-0.15, -0.1) is 0 Å². The maximum atomic E-state index is 12.3. The molecule has 2 aromatic carbocycles. The Morgan fingerprint density at radius 1 is 1.16 bits per heavy atom. The third-order valence-corrected chi connectivity index (χ3v) is 5.74. The largest absolute Gasteiger partial charge is 0.344 e. The van der Waals surface area contributed by atoms with Crippen LogP contribution in [0.3, 0.4) is 0 Å². The quantitative estimate of drug-likeness (QED) is 0.870. The molecular weight excluding hydrogens is 332 g/mol. The van der Waals surface area contributed by atoms with Gasteiger partial charge in [-0.1, -0.05) is 61.9 Å². The molecule has 2 heterocycles. The van der Waals surface area contributed by atoms with E-state index in [1.807, 2.05) is 24.3 Å². The lowest BCUT2D eigenvalue weighted by Crippen LogP contribution is -2.68. The van der Waals surface area contributed by atoms with Gasteiger partial charge in [-0.3, -0.25) is 4.79 Å². The molecule has 4 rings (SSSR count). The highest BCUT2D eigenvalue weighted by Gasteiger charge is 2.57. The number of carbonyl (C=O) groups excluding carboxylic acids is 1. The van der Waals surface area contributed by atoms with Crippen LogP contribution < -0.4 is 10.2 Å². The van der Waals surface area contributed by atoms with Gasteiger partial charge in [0.05, 0.1) is 0 Å². The molecule has 2 aliphatic rings. The molecule has 0 spiro atoms. The van der Waals surface area contributed by atoms with Crippen LogP contribution in [-0.2, 0) is 10.2 Å². The Balaban J connectivity index is 1.85. The molecule has 3 nitrogen and oxygen atoms in total. The number of benzene rings is 2. The van der Waals surface area contributed by atoms with Crippen LogP contribution in [0.5, 0.6) is 0 Å². The molecular formula is C21H21ClN2O. The van der Waals surface area contributed by atoms with Crippen LogP contribution in [0.2, 0.25) is 5.02 Å². The third-order valence-electron chi connectivity index (χ3n) is 5.50. The predicted octanol–water partition coefficient (Wildman–Crippen LogP) is 4.37. The number of rotatable bonds is 2. The number of nitrogens with one attached hydrogen (secondary N) is 1. The zero-order valence-electron chi connectivity index (χ0n) is 14.4. The van der Waals surface area contributed by atoms with Gasteiger partial charge in [-0.2, -0.15) is 0 Å². The van der Waals surface area contributed by atoms with E-state index in [1.54, 1.807) is 0 Å². The van der Waals surface area contributed by atoms with Crippen molar-refractivity contribution < 1.29 is 4.79 Å². The van der Waals surface area contributed by atoms with E-state index >= 15 is 0 Å². The number of anilines is 1. The first kappa shape index (κ1) is 16.2. The SMILES string of the molecule is CC1(C)c2ccccc2N2CCC(=O)NC21C=Cc1cccc(Cl)c1. The van der Waals surface area contributed by atoms with Gasteiger partial charge in [-0.25, -0.2) is 0 Å². The summed E-state index contributed by atoms with van der Waals surface area (Å²) >= 11 is 6.11. The fraction of sp³-hybridized carbons (Fsp3) is 0.286. The standard InChI is InChI=1S/C21H21ClN2O/c1-20(2)17-8-3-4-9-18(17)24-13-11-19(25)23-21(20,24)12-10-15-6-5-7-16(22)14-15/h3-10,12,14H,11,13H2,1-2H3,(H,23,25). The Bertz CT molecular complexity index is 874. The molecule has 0 aliphatic carbocycles. The molecule has 128 valence electrons. The van der Waals surface area contributed by atoms with Gasteiger partial charge in [0.2, 0.25) is 5.91 Å². The zero-order chi connectivity index (χ0) is 17.7. The van der Waals surface area contributed by atoms with E-state index in [2.05, 4.69) is 60.5 Å². The first-order valence-electron chi connectivity index (χ1n) is 8.57. The van der Waals surface area contributed by atoms with Crippen molar-refractivity contribution in [3.05, 3.63) is 70.8 Å². The zero-order valence-corrected chi connectivity index (χ0v) is 15.2. The van der Waals surface area contributed by atoms with Crippen LogP contribution in [-0.4, -0.2) is 18.1 Å². The highest BCUT2D eigenvalue weighted by Crippen LogP contribution is 2.52. The minimum absolute atomic E-state index is 0.0906.